The summed E-state index contributed by atoms with van der Waals surface area (Å²) in [6.07, 6.45) is 1.43. The number of aromatic nitrogens is 2. The molecule has 0 spiro atoms. The van der Waals surface area contributed by atoms with E-state index >= 15 is 0 Å². The van der Waals surface area contributed by atoms with Crippen molar-refractivity contribution in [2.45, 2.75) is 39.2 Å². The van der Waals surface area contributed by atoms with Gasteiger partial charge in [0.1, 0.15) is 6.29 Å². The summed E-state index contributed by atoms with van der Waals surface area (Å²) >= 11 is 0. The predicted octanol–water partition coefficient (Wildman–Crippen LogP) is 2.60. The number of aromatic amines is 1. The summed E-state index contributed by atoms with van der Waals surface area (Å²) in [6.45, 7) is 5.97. The third-order valence-corrected chi connectivity index (χ3v) is 3.28. The standard InChI is InChI=1S/C14H18N2O2/c1-9(2)16-13-5-4-11(10(3)6-7-17)8-12(13)15-14(16)18/h4-5,7-10H,6H2,1-3H3,(H,15,18). The number of nitrogens with one attached hydrogen (secondary N) is 1. The first-order chi connectivity index (χ1) is 8.54. The molecule has 1 unspecified atom stereocenters. The van der Waals surface area contributed by atoms with Gasteiger partial charge in [-0.15, -0.1) is 0 Å². The van der Waals surface area contributed by atoms with Gasteiger partial charge >= 0.3 is 5.69 Å². The Morgan fingerprint density at radius 2 is 2.06 bits per heavy atom. The normalized spacial score (nSPS) is 13.1. The molecule has 0 bridgehead atoms. The summed E-state index contributed by atoms with van der Waals surface area (Å²) < 4.78 is 1.74. The lowest BCUT2D eigenvalue weighted by Gasteiger charge is -2.10. The quantitative estimate of drug-likeness (QED) is 0.843. The van der Waals surface area contributed by atoms with E-state index in [-0.39, 0.29) is 17.6 Å². The lowest BCUT2D eigenvalue weighted by atomic mass is 9.98. The van der Waals surface area contributed by atoms with E-state index in [9.17, 15) is 9.59 Å². The lowest BCUT2D eigenvalue weighted by molar-refractivity contribution is -0.108. The molecule has 0 amide bonds. The molecule has 1 N–H and O–H groups in total. The second-order valence-electron chi connectivity index (χ2n) is 4.97. The van der Waals surface area contributed by atoms with Crippen molar-refractivity contribution in [1.82, 2.24) is 9.55 Å². The lowest BCUT2D eigenvalue weighted by Crippen LogP contribution is -2.18. The molecule has 0 aliphatic rings. The zero-order valence-corrected chi connectivity index (χ0v) is 10.9. The van der Waals surface area contributed by atoms with Gasteiger partial charge in [-0.05, 0) is 37.5 Å². The Morgan fingerprint density at radius 3 is 2.67 bits per heavy atom. The van der Waals surface area contributed by atoms with Crippen LogP contribution < -0.4 is 5.69 Å². The first-order valence-electron chi connectivity index (χ1n) is 6.22. The molecule has 18 heavy (non-hydrogen) atoms. The maximum absolute atomic E-state index is 11.8. The van der Waals surface area contributed by atoms with Crippen molar-refractivity contribution < 1.29 is 4.79 Å². The van der Waals surface area contributed by atoms with Crippen molar-refractivity contribution >= 4 is 17.3 Å². The first-order valence-corrected chi connectivity index (χ1v) is 6.22. The Bertz CT molecular complexity index is 622. The molecular formula is C14H18N2O2. The molecule has 4 nitrogen and oxygen atoms in total. The number of H-pyrrole nitrogens is 1. The molecule has 1 aromatic carbocycles. The van der Waals surface area contributed by atoms with Crippen LogP contribution in [0.1, 0.15) is 44.7 Å². The van der Waals surface area contributed by atoms with Crippen molar-refractivity contribution in [2.75, 3.05) is 0 Å². The zero-order chi connectivity index (χ0) is 13.3. The highest BCUT2D eigenvalue weighted by Gasteiger charge is 2.12. The monoisotopic (exact) mass is 246 g/mol. The Labute approximate surface area is 106 Å². The molecule has 4 heteroatoms. The average molecular weight is 246 g/mol. The van der Waals surface area contributed by atoms with Gasteiger partial charge in [0.2, 0.25) is 0 Å². The third-order valence-electron chi connectivity index (χ3n) is 3.28. The van der Waals surface area contributed by atoms with Gasteiger partial charge in [-0.2, -0.15) is 0 Å². The van der Waals surface area contributed by atoms with Crippen LogP contribution in [0.25, 0.3) is 11.0 Å². The number of hydrogen-bond donors (Lipinski definition) is 1. The number of aldehydes is 1. The topological polar surface area (TPSA) is 54.9 Å². The number of imidazole rings is 1. The van der Waals surface area contributed by atoms with E-state index in [0.717, 1.165) is 22.9 Å². The van der Waals surface area contributed by atoms with Gasteiger partial charge in [0.15, 0.2) is 0 Å². The minimum absolute atomic E-state index is 0.0832. The molecule has 1 heterocycles. The van der Waals surface area contributed by atoms with Crippen LogP contribution in [0.3, 0.4) is 0 Å². The zero-order valence-electron chi connectivity index (χ0n) is 10.9. The van der Waals surface area contributed by atoms with Crippen LogP contribution in [0.4, 0.5) is 0 Å². The molecule has 0 saturated carbocycles. The van der Waals surface area contributed by atoms with Gasteiger partial charge in [0.25, 0.3) is 0 Å². The molecule has 0 fully saturated rings. The molecule has 0 radical (unpaired) electrons. The molecule has 2 aromatic rings. The van der Waals surface area contributed by atoms with Gasteiger partial charge in [0.05, 0.1) is 11.0 Å². The van der Waals surface area contributed by atoms with E-state index in [0.29, 0.717) is 6.42 Å². The number of fused-ring (bicyclic) bond motifs is 1. The fourth-order valence-electron chi connectivity index (χ4n) is 2.25. The highest BCUT2D eigenvalue weighted by atomic mass is 16.1. The number of hydrogen-bond acceptors (Lipinski definition) is 2. The summed E-state index contributed by atoms with van der Waals surface area (Å²) in [5, 5.41) is 0. The third kappa shape index (κ3) is 2.10. The molecule has 2 rings (SSSR count). The van der Waals surface area contributed by atoms with E-state index in [1.807, 2.05) is 39.0 Å². The number of nitrogens with zero attached hydrogens (tertiary/aromatic N) is 1. The van der Waals surface area contributed by atoms with E-state index in [4.69, 9.17) is 0 Å². The van der Waals surface area contributed by atoms with Crippen molar-refractivity contribution in [3.8, 4) is 0 Å². The first kappa shape index (κ1) is 12.6. The molecule has 0 saturated heterocycles. The molecule has 96 valence electrons. The molecule has 0 aliphatic heterocycles. The van der Waals surface area contributed by atoms with Crippen molar-refractivity contribution in [3.63, 3.8) is 0 Å². The van der Waals surface area contributed by atoms with Crippen molar-refractivity contribution in [3.05, 3.63) is 34.2 Å². The Balaban J connectivity index is 2.54. The van der Waals surface area contributed by atoms with Crippen LogP contribution in [0.2, 0.25) is 0 Å². The number of carbonyl (C=O) groups excluding carboxylic acids is 1. The van der Waals surface area contributed by atoms with E-state index in [1.54, 1.807) is 4.57 Å². The van der Waals surface area contributed by atoms with Crippen LogP contribution in [0.5, 0.6) is 0 Å². The number of carbonyl (C=O) groups is 1. The van der Waals surface area contributed by atoms with Crippen LogP contribution in [0, 0.1) is 0 Å². The van der Waals surface area contributed by atoms with E-state index < -0.39 is 0 Å². The summed E-state index contributed by atoms with van der Waals surface area (Å²) in [4.78, 5) is 25.2. The molecule has 1 atom stereocenters. The molecular weight excluding hydrogens is 228 g/mol. The fraction of sp³-hybridized carbons (Fsp3) is 0.429. The van der Waals surface area contributed by atoms with Crippen LogP contribution in [-0.2, 0) is 4.79 Å². The summed E-state index contributed by atoms with van der Waals surface area (Å²) in [7, 11) is 0. The van der Waals surface area contributed by atoms with Gasteiger partial charge in [-0.1, -0.05) is 13.0 Å². The summed E-state index contributed by atoms with van der Waals surface area (Å²) in [5.74, 6) is 0.179. The Hall–Kier alpha value is -1.84. The second kappa shape index (κ2) is 4.80. The maximum Gasteiger partial charge on any atom is 0.326 e. The van der Waals surface area contributed by atoms with Crippen LogP contribution in [-0.4, -0.2) is 15.8 Å². The van der Waals surface area contributed by atoms with E-state index in [1.165, 1.54) is 0 Å². The number of benzene rings is 1. The van der Waals surface area contributed by atoms with Gasteiger partial charge in [0, 0.05) is 12.5 Å². The SMILES string of the molecule is CC(CC=O)c1ccc2c(c1)[nH]c(=O)n2C(C)C. The minimum atomic E-state index is -0.0832. The van der Waals surface area contributed by atoms with Gasteiger partial charge in [-0.3, -0.25) is 4.57 Å². The number of rotatable bonds is 4. The highest BCUT2D eigenvalue weighted by molar-refractivity contribution is 5.76. The smallest absolute Gasteiger partial charge is 0.306 e. The fourth-order valence-corrected chi connectivity index (χ4v) is 2.25. The predicted molar refractivity (Wildman–Crippen MR) is 72.0 cm³/mol. The van der Waals surface area contributed by atoms with Crippen LogP contribution in [0.15, 0.2) is 23.0 Å². The average Bonchev–Trinajstić information content (AvgIpc) is 2.63. The second-order valence-corrected chi connectivity index (χ2v) is 4.97. The van der Waals surface area contributed by atoms with Crippen molar-refractivity contribution in [1.29, 1.82) is 0 Å². The van der Waals surface area contributed by atoms with Crippen molar-refractivity contribution in [2.24, 2.45) is 0 Å². The molecule has 1 aromatic heterocycles. The molecule has 0 aliphatic carbocycles. The largest absolute Gasteiger partial charge is 0.326 e. The Kier molecular flexibility index (Phi) is 3.36. The summed E-state index contributed by atoms with van der Waals surface area (Å²) in [6, 6.07) is 6.03. The maximum atomic E-state index is 11.8. The summed E-state index contributed by atoms with van der Waals surface area (Å²) in [5.41, 5.74) is 2.74. The Morgan fingerprint density at radius 1 is 1.33 bits per heavy atom. The van der Waals surface area contributed by atoms with Crippen LogP contribution >= 0.6 is 0 Å². The van der Waals surface area contributed by atoms with E-state index in [2.05, 4.69) is 4.98 Å². The minimum Gasteiger partial charge on any atom is -0.306 e. The highest BCUT2D eigenvalue weighted by Crippen LogP contribution is 2.22. The van der Waals surface area contributed by atoms with Gasteiger partial charge < -0.3 is 9.78 Å². The van der Waals surface area contributed by atoms with Gasteiger partial charge in [-0.25, -0.2) is 4.79 Å².